The summed E-state index contributed by atoms with van der Waals surface area (Å²) in [5.74, 6) is 0.246. The lowest BCUT2D eigenvalue weighted by molar-refractivity contribution is -0.139. The Morgan fingerprint density at radius 1 is 1.50 bits per heavy atom. The number of aromatic nitrogens is 3. The van der Waals surface area contributed by atoms with Crippen LogP contribution in [0.3, 0.4) is 0 Å². The monoisotopic (exact) mass is 219 g/mol. The van der Waals surface area contributed by atoms with Crippen molar-refractivity contribution in [3.05, 3.63) is 24.2 Å². The van der Waals surface area contributed by atoms with Crippen LogP contribution in [0, 0.1) is 0 Å². The highest BCUT2D eigenvalue weighted by atomic mass is 16.7. The maximum atomic E-state index is 5.72. The number of pyridine rings is 1. The fourth-order valence-electron chi connectivity index (χ4n) is 1.84. The molecule has 5 nitrogen and oxygen atoms in total. The van der Waals surface area contributed by atoms with E-state index in [1.54, 1.807) is 6.20 Å². The minimum absolute atomic E-state index is 0.135. The molecular formula is C11H13N3O2. The first-order chi connectivity index (χ1) is 7.64. The molecular weight excluding hydrogens is 206 g/mol. The van der Waals surface area contributed by atoms with E-state index in [9.17, 15) is 0 Å². The van der Waals surface area contributed by atoms with Crippen LogP contribution in [-0.2, 0) is 9.47 Å². The van der Waals surface area contributed by atoms with Crippen LogP contribution in [0.5, 0.6) is 0 Å². The Morgan fingerprint density at radius 2 is 2.38 bits per heavy atom. The molecule has 1 saturated heterocycles. The number of rotatable bonds is 1. The van der Waals surface area contributed by atoms with Crippen molar-refractivity contribution in [1.82, 2.24) is 15.0 Å². The van der Waals surface area contributed by atoms with Gasteiger partial charge in [-0.3, -0.25) is 0 Å². The zero-order valence-corrected chi connectivity index (χ0v) is 9.23. The molecule has 1 aliphatic rings. The molecule has 0 amide bonds. The van der Waals surface area contributed by atoms with Gasteiger partial charge in [-0.2, -0.15) is 0 Å². The van der Waals surface area contributed by atoms with Gasteiger partial charge in [0.1, 0.15) is 11.9 Å². The highest BCUT2D eigenvalue weighted by molar-refractivity contribution is 5.69. The van der Waals surface area contributed by atoms with Crippen molar-refractivity contribution in [3.8, 4) is 0 Å². The molecule has 1 fully saturated rings. The highest BCUT2D eigenvalue weighted by Crippen LogP contribution is 2.31. The number of fused-ring (bicyclic) bond motifs is 1. The van der Waals surface area contributed by atoms with Gasteiger partial charge >= 0.3 is 0 Å². The van der Waals surface area contributed by atoms with Crippen molar-refractivity contribution in [2.75, 3.05) is 6.61 Å². The Morgan fingerprint density at radius 3 is 3.06 bits per heavy atom. The Hall–Kier alpha value is -1.46. The molecule has 1 unspecified atom stereocenters. The molecule has 0 saturated carbocycles. The van der Waals surface area contributed by atoms with E-state index < -0.39 is 5.79 Å². The second-order valence-corrected chi connectivity index (χ2v) is 4.31. The van der Waals surface area contributed by atoms with Gasteiger partial charge in [-0.1, -0.05) is 0 Å². The molecule has 0 bridgehead atoms. The van der Waals surface area contributed by atoms with Crippen molar-refractivity contribution < 1.29 is 9.47 Å². The van der Waals surface area contributed by atoms with Crippen LogP contribution < -0.4 is 0 Å². The molecule has 3 rings (SSSR count). The smallest absolute Gasteiger partial charge is 0.177 e. The van der Waals surface area contributed by atoms with E-state index in [1.165, 1.54) is 0 Å². The Kier molecular flexibility index (Phi) is 1.99. The summed E-state index contributed by atoms with van der Waals surface area (Å²) in [4.78, 5) is 11.8. The third-order valence-corrected chi connectivity index (χ3v) is 2.59. The van der Waals surface area contributed by atoms with Gasteiger partial charge in [-0.05, 0) is 26.0 Å². The maximum Gasteiger partial charge on any atom is 0.177 e. The number of aromatic amines is 1. The lowest BCUT2D eigenvalue weighted by Gasteiger charge is -2.15. The first-order valence-corrected chi connectivity index (χ1v) is 5.26. The lowest BCUT2D eigenvalue weighted by Crippen LogP contribution is -2.19. The van der Waals surface area contributed by atoms with Crippen molar-refractivity contribution in [3.63, 3.8) is 0 Å². The Balaban J connectivity index is 1.95. The number of hydrogen-bond donors (Lipinski definition) is 1. The minimum Gasteiger partial charge on any atom is -0.347 e. The van der Waals surface area contributed by atoms with Crippen LogP contribution in [0.15, 0.2) is 18.3 Å². The van der Waals surface area contributed by atoms with Gasteiger partial charge in [0.25, 0.3) is 0 Å². The predicted molar refractivity (Wildman–Crippen MR) is 57.7 cm³/mol. The van der Waals surface area contributed by atoms with Crippen LogP contribution in [0.1, 0.15) is 25.8 Å². The largest absolute Gasteiger partial charge is 0.347 e. The fraction of sp³-hybridized carbons (Fsp3) is 0.455. The standard InChI is InChI=1S/C11H13N3O2/c1-11(2)15-6-8(16-11)10-13-7-4-3-5-12-9(7)14-10/h3-5,8H,6H2,1-2H3,(H,12,13,14). The van der Waals surface area contributed by atoms with Gasteiger partial charge in [0.15, 0.2) is 11.4 Å². The van der Waals surface area contributed by atoms with E-state index >= 15 is 0 Å². The quantitative estimate of drug-likeness (QED) is 0.794. The predicted octanol–water partition coefficient (Wildman–Crippen LogP) is 1.78. The van der Waals surface area contributed by atoms with Crippen LogP contribution >= 0.6 is 0 Å². The van der Waals surface area contributed by atoms with Crippen LogP contribution in [0.4, 0.5) is 0 Å². The minimum atomic E-state index is -0.531. The number of ether oxygens (including phenoxy) is 2. The van der Waals surface area contributed by atoms with E-state index in [2.05, 4.69) is 15.0 Å². The van der Waals surface area contributed by atoms with Crippen molar-refractivity contribution in [2.24, 2.45) is 0 Å². The summed E-state index contributed by atoms with van der Waals surface area (Å²) in [5.41, 5.74) is 1.64. The second-order valence-electron chi connectivity index (χ2n) is 4.31. The SMILES string of the molecule is CC1(C)OCC(c2nc3ncccc3[nH]2)O1. The number of imidazole rings is 1. The van der Waals surface area contributed by atoms with Crippen molar-refractivity contribution in [1.29, 1.82) is 0 Å². The molecule has 0 spiro atoms. The van der Waals surface area contributed by atoms with E-state index in [0.717, 1.165) is 11.3 Å². The zero-order chi connectivity index (χ0) is 11.2. The topological polar surface area (TPSA) is 60.0 Å². The Bertz CT molecular complexity index is 488. The second kappa shape index (κ2) is 3.26. The van der Waals surface area contributed by atoms with E-state index in [0.29, 0.717) is 12.3 Å². The molecule has 2 aromatic heterocycles. The maximum absolute atomic E-state index is 5.72. The van der Waals surface area contributed by atoms with Gasteiger partial charge < -0.3 is 14.5 Å². The normalized spacial score (nSPS) is 24.0. The first kappa shape index (κ1) is 9.74. The number of nitrogens with one attached hydrogen (secondary N) is 1. The lowest BCUT2D eigenvalue weighted by atomic mass is 10.3. The molecule has 5 heteroatoms. The van der Waals surface area contributed by atoms with Crippen molar-refractivity contribution >= 4 is 11.2 Å². The van der Waals surface area contributed by atoms with Gasteiger partial charge in [0, 0.05) is 6.20 Å². The third-order valence-electron chi connectivity index (χ3n) is 2.59. The zero-order valence-electron chi connectivity index (χ0n) is 9.23. The molecule has 0 aromatic carbocycles. The molecule has 3 heterocycles. The summed E-state index contributed by atoms with van der Waals surface area (Å²) >= 11 is 0. The molecule has 0 aliphatic carbocycles. The van der Waals surface area contributed by atoms with Crippen molar-refractivity contribution in [2.45, 2.75) is 25.7 Å². The Labute approximate surface area is 92.8 Å². The third kappa shape index (κ3) is 1.58. The molecule has 0 radical (unpaired) electrons. The van der Waals surface area contributed by atoms with E-state index in [1.807, 2.05) is 26.0 Å². The summed E-state index contributed by atoms with van der Waals surface area (Å²) in [7, 11) is 0. The summed E-state index contributed by atoms with van der Waals surface area (Å²) in [5, 5.41) is 0. The molecule has 1 N–H and O–H groups in total. The molecule has 84 valence electrons. The van der Waals surface area contributed by atoms with E-state index in [4.69, 9.17) is 9.47 Å². The summed E-state index contributed by atoms with van der Waals surface area (Å²) in [6.45, 7) is 4.31. The van der Waals surface area contributed by atoms with Gasteiger partial charge in [-0.25, -0.2) is 9.97 Å². The average Bonchev–Trinajstić information content (AvgIpc) is 2.80. The number of H-pyrrole nitrogens is 1. The van der Waals surface area contributed by atoms with Crippen LogP contribution in [0.2, 0.25) is 0 Å². The van der Waals surface area contributed by atoms with Crippen LogP contribution in [0.25, 0.3) is 11.2 Å². The number of hydrogen-bond acceptors (Lipinski definition) is 4. The summed E-state index contributed by atoms with van der Waals surface area (Å²) in [6, 6.07) is 3.82. The van der Waals surface area contributed by atoms with Gasteiger partial charge in [-0.15, -0.1) is 0 Å². The summed E-state index contributed by atoms with van der Waals surface area (Å²) in [6.07, 6.45) is 1.59. The molecule has 1 atom stereocenters. The molecule has 16 heavy (non-hydrogen) atoms. The molecule has 2 aromatic rings. The van der Waals surface area contributed by atoms with Gasteiger partial charge in [0.05, 0.1) is 12.1 Å². The summed E-state index contributed by atoms with van der Waals surface area (Å²) < 4.78 is 11.2. The molecule has 1 aliphatic heterocycles. The van der Waals surface area contributed by atoms with Gasteiger partial charge in [0.2, 0.25) is 0 Å². The van der Waals surface area contributed by atoms with Crippen LogP contribution in [-0.4, -0.2) is 27.3 Å². The van der Waals surface area contributed by atoms with E-state index in [-0.39, 0.29) is 6.10 Å². The highest BCUT2D eigenvalue weighted by Gasteiger charge is 2.35. The fourth-order valence-corrected chi connectivity index (χ4v) is 1.84. The first-order valence-electron chi connectivity index (χ1n) is 5.26. The number of nitrogens with zero attached hydrogens (tertiary/aromatic N) is 2. The average molecular weight is 219 g/mol.